The minimum absolute atomic E-state index is 0.0881. The first-order valence-corrected chi connectivity index (χ1v) is 5.89. The summed E-state index contributed by atoms with van der Waals surface area (Å²) in [5, 5.41) is 9.90. The van der Waals surface area contributed by atoms with Gasteiger partial charge in [0.25, 0.3) is 0 Å². The van der Waals surface area contributed by atoms with Gasteiger partial charge in [-0.3, -0.25) is 0 Å². The molecule has 0 radical (unpaired) electrons. The van der Waals surface area contributed by atoms with Crippen molar-refractivity contribution in [2.75, 3.05) is 12.5 Å². The van der Waals surface area contributed by atoms with E-state index in [2.05, 4.69) is 0 Å². The van der Waals surface area contributed by atoms with Crippen LogP contribution >= 0.6 is 0 Å². The van der Waals surface area contributed by atoms with E-state index in [4.69, 9.17) is 20.9 Å². The fourth-order valence-corrected chi connectivity index (χ4v) is 2.18. The number of anilines is 1. The molecule has 1 aliphatic rings. The number of hydrogen-bond donors (Lipinski definition) is 3. The normalized spacial score (nSPS) is 14.4. The monoisotopic (exact) mass is 258 g/mol. The molecule has 1 aliphatic heterocycles. The van der Waals surface area contributed by atoms with Gasteiger partial charge < -0.3 is 26.0 Å². The summed E-state index contributed by atoms with van der Waals surface area (Å²) in [6.07, 6.45) is 0. The van der Waals surface area contributed by atoms with Crippen LogP contribution in [0, 0.1) is 0 Å². The van der Waals surface area contributed by atoms with Gasteiger partial charge in [0, 0.05) is 11.3 Å². The number of phenolic OH excluding ortho intramolecular Hbond substituents is 1. The molecule has 0 amide bonds. The van der Waals surface area contributed by atoms with Crippen molar-refractivity contribution >= 4 is 5.69 Å². The number of phenols is 1. The van der Waals surface area contributed by atoms with Crippen molar-refractivity contribution in [2.45, 2.75) is 6.04 Å². The lowest BCUT2D eigenvalue weighted by atomic mass is 9.97. The Hall–Kier alpha value is -2.40. The van der Waals surface area contributed by atoms with Gasteiger partial charge in [-0.05, 0) is 29.8 Å². The van der Waals surface area contributed by atoms with E-state index >= 15 is 0 Å². The molecule has 0 saturated carbocycles. The van der Waals surface area contributed by atoms with E-state index in [9.17, 15) is 5.11 Å². The molecule has 0 fully saturated rings. The third-order valence-electron chi connectivity index (χ3n) is 3.18. The first kappa shape index (κ1) is 11.7. The standard InChI is InChI=1S/C14H14N2O3/c15-9-2-1-3-10(17)13(9)14(16)8-4-5-11-12(6-8)19-7-18-11/h1-6,14,17H,7,15-16H2. The second kappa shape index (κ2) is 4.37. The van der Waals surface area contributed by atoms with Crippen LogP contribution in [0.1, 0.15) is 17.2 Å². The van der Waals surface area contributed by atoms with Crippen LogP contribution in [0.5, 0.6) is 17.2 Å². The maximum atomic E-state index is 9.90. The second-order valence-electron chi connectivity index (χ2n) is 4.37. The van der Waals surface area contributed by atoms with Gasteiger partial charge in [0.15, 0.2) is 11.5 Å². The van der Waals surface area contributed by atoms with Gasteiger partial charge in [0.05, 0.1) is 6.04 Å². The maximum Gasteiger partial charge on any atom is 0.231 e. The van der Waals surface area contributed by atoms with E-state index in [1.165, 1.54) is 0 Å². The SMILES string of the molecule is Nc1cccc(O)c1C(N)c1ccc2c(c1)OCO2. The molecule has 0 aromatic heterocycles. The highest BCUT2D eigenvalue weighted by molar-refractivity contribution is 5.58. The molecule has 19 heavy (non-hydrogen) atoms. The van der Waals surface area contributed by atoms with Gasteiger partial charge >= 0.3 is 0 Å². The Bertz CT molecular complexity index is 608. The van der Waals surface area contributed by atoms with Gasteiger partial charge in [0.1, 0.15) is 5.75 Å². The van der Waals surface area contributed by atoms with E-state index in [-0.39, 0.29) is 12.5 Å². The number of fused-ring (bicyclic) bond motifs is 1. The predicted molar refractivity (Wildman–Crippen MR) is 71.1 cm³/mol. The zero-order valence-corrected chi connectivity index (χ0v) is 10.2. The van der Waals surface area contributed by atoms with Crippen LogP contribution < -0.4 is 20.9 Å². The Labute approximate surface area is 110 Å². The molecule has 3 rings (SSSR count). The quantitative estimate of drug-likeness (QED) is 0.714. The Balaban J connectivity index is 2.02. The lowest BCUT2D eigenvalue weighted by molar-refractivity contribution is 0.174. The van der Waals surface area contributed by atoms with Gasteiger partial charge in [-0.1, -0.05) is 12.1 Å². The number of nitrogens with two attached hydrogens (primary N) is 2. The Morgan fingerprint density at radius 1 is 1.11 bits per heavy atom. The average Bonchev–Trinajstić information content (AvgIpc) is 2.85. The molecule has 1 unspecified atom stereocenters. The molecule has 0 spiro atoms. The lowest BCUT2D eigenvalue weighted by Crippen LogP contribution is -2.14. The highest BCUT2D eigenvalue weighted by atomic mass is 16.7. The number of hydrogen-bond acceptors (Lipinski definition) is 5. The highest BCUT2D eigenvalue weighted by Crippen LogP contribution is 2.37. The van der Waals surface area contributed by atoms with Crippen molar-refractivity contribution in [3.63, 3.8) is 0 Å². The van der Waals surface area contributed by atoms with Crippen LogP contribution in [0.3, 0.4) is 0 Å². The van der Waals surface area contributed by atoms with Crippen molar-refractivity contribution in [1.29, 1.82) is 0 Å². The lowest BCUT2D eigenvalue weighted by Gasteiger charge is -2.16. The predicted octanol–water partition coefficient (Wildman–Crippen LogP) is 1.75. The summed E-state index contributed by atoms with van der Waals surface area (Å²) >= 11 is 0. The van der Waals surface area contributed by atoms with Crippen molar-refractivity contribution in [1.82, 2.24) is 0 Å². The van der Waals surface area contributed by atoms with E-state index in [1.54, 1.807) is 30.3 Å². The summed E-state index contributed by atoms with van der Waals surface area (Å²) in [6.45, 7) is 0.215. The van der Waals surface area contributed by atoms with Crippen LogP contribution in [-0.4, -0.2) is 11.9 Å². The number of nitrogen functional groups attached to an aromatic ring is 1. The van der Waals surface area contributed by atoms with Crippen LogP contribution in [-0.2, 0) is 0 Å². The summed E-state index contributed by atoms with van der Waals surface area (Å²) in [6, 6.07) is 9.88. The molecule has 0 aliphatic carbocycles. The first-order chi connectivity index (χ1) is 9.16. The number of rotatable bonds is 2. The number of ether oxygens (including phenoxy) is 2. The molecular weight excluding hydrogens is 244 g/mol. The van der Waals surface area contributed by atoms with Gasteiger partial charge in [0.2, 0.25) is 6.79 Å². The molecule has 2 aromatic rings. The van der Waals surface area contributed by atoms with Crippen LogP contribution in [0.15, 0.2) is 36.4 Å². The minimum Gasteiger partial charge on any atom is -0.508 e. The molecule has 2 aromatic carbocycles. The van der Waals surface area contributed by atoms with Crippen molar-refractivity contribution in [3.8, 4) is 17.2 Å². The third kappa shape index (κ3) is 1.94. The van der Waals surface area contributed by atoms with Crippen molar-refractivity contribution in [2.24, 2.45) is 5.73 Å². The fourth-order valence-electron chi connectivity index (χ4n) is 2.18. The Morgan fingerprint density at radius 3 is 2.68 bits per heavy atom. The largest absolute Gasteiger partial charge is 0.508 e. The molecule has 5 heteroatoms. The molecule has 98 valence electrons. The van der Waals surface area contributed by atoms with Crippen molar-refractivity contribution < 1.29 is 14.6 Å². The van der Waals surface area contributed by atoms with Gasteiger partial charge in [-0.25, -0.2) is 0 Å². The topological polar surface area (TPSA) is 90.7 Å². The summed E-state index contributed by atoms with van der Waals surface area (Å²) in [7, 11) is 0. The fraction of sp³-hybridized carbons (Fsp3) is 0.143. The highest BCUT2D eigenvalue weighted by Gasteiger charge is 2.20. The zero-order chi connectivity index (χ0) is 13.4. The first-order valence-electron chi connectivity index (χ1n) is 5.89. The molecule has 1 atom stereocenters. The summed E-state index contributed by atoms with van der Waals surface area (Å²) < 4.78 is 10.6. The molecule has 0 saturated heterocycles. The smallest absolute Gasteiger partial charge is 0.231 e. The summed E-state index contributed by atoms with van der Waals surface area (Å²) in [5.41, 5.74) is 13.8. The van der Waals surface area contributed by atoms with Crippen LogP contribution in [0.25, 0.3) is 0 Å². The van der Waals surface area contributed by atoms with E-state index < -0.39 is 6.04 Å². The Kier molecular flexibility index (Phi) is 2.68. The van der Waals surface area contributed by atoms with E-state index in [0.717, 1.165) is 5.56 Å². The summed E-state index contributed by atoms with van der Waals surface area (Å²) in [5.74, 6) is 1.44. The van der Waals surface area contributed by atoms with E-state index in [1.807, 2.05) is 6.07 Å². The number of benzene rings is 2. The zero-order valence-electron chi connectivity index (χ0n) is 10.2. The molecular formula is C14H14N2O3. The van der Waals surface area contributed by atoms with Gasteiger partial charge in [-0.15, -0.1) is 0 Å². The molecule has 5 N–H and O–H groups in total. The molecule has 1 heterocycles. The Morgan fingerprint density at radius 2 is 1.89 bits per heavy atom. The van der Waals surface area contributed by atoms with Crippen LogP contribution in [0.2, 0.25) is 0 Å². The van der Waals surface area contributed by atoms with Gasteiger partial charge in [-0.2, -0.15) is 0 Å². The third-order valence-corrected chi connectivity index (χ3v) is 3.18. The molecule has 0 bridgehead atoms. The van der Waals surface area contributed by atoms with Crippen molar-refractivity contribution in [3.05, 3.63) is 47.5 Å². The maximum absolute atomic E-state index is 9.90. The number of aromatic hydroxyl groups is 1. The second-order valence-corrected chi connectivity index (χ2v) is 4.37. The average molecular weight is 258 g/mol. The summed E-state index contributed by atoms with van der Waals surface area (Å²) in [4.78, 5) is 0. The van der Waals surface area contributed by atoms with Crippen LogP contribution in [0.4, 0.5) is 5.69 Å². The minimum atomic E-state index is -0.518. The van der Waals surface area contributed by atoms with E-state index in [0.29, 0.717) is 22.7 Å². The molecule has 5 nitrogen and oxygen atoms in total.